The molecule has 2 aromatic rings. The highest BCUT2D eigenvalue weighted by Gasteiger charge is 2.52. The van der Waals surface area contributed by atoms with Crippen molar-refractivity contribution in [1.29, 1.82) is 0 Å². The average molecular weight is 405 g/mol. The quantitative estimate of drug-likeness (QED) is 0.850. The van der Waals surface area contributed by atoms with Gasteiger partial charge in [-0.3, -0.25) is 4.79 Å². The van der Waals surface area contributed by atoms with Gasteiger partial charge in [0.1, 0.15) is 17.7 Å². The molecule has 0 radical (unpaired) electrons. The number of benzene rings is 1. The molecule has 2 fully saturated rings. The van der Waals surface area contributed by atoms with Crippen molar-refractivity contribution in [2.24, 2.45) is 5.92 Å². The maximum Gasteiger partial charge on any atom is 0.253 e. The fourth-order valence-electron chi connectivity index (χ4n) is 5.41. The van der Waals surface area contributed by atoms with Crippen molar-refractivity contribution in [2.45, 2.75) is 58.4 Å². The van der Waals surface area contributed by atoms with Gasteiger partial charge in [0.25, 0.3) is 5.91 Å². The van der Waals surface area contributed by atoms with Crippen LogP contribution in [-0.4, -0.2) is 36.2 Å². The molecule has 1 aromatic heterocycles. The van der Waals surface area contributed by atoms with Crippen LogP contribution in [0.1, 0.15) is 51.1 Å². The second kappa shape index (κ2) is 6.71. The van der Waals surface area contributed by atoms with E-state index in [1.165, 1.54) is 11.1 Å². The number of fused-ring (bicyclic) bond motifs is 3. The lowest BCUT2D eigenvalue weighted by Gasteiger charge is -2.34. The number of anilines is 1. The number of hydrogen-bond acceptors (Lipinski definition) is 5. The molecular formula is C24H27N3O3. The van der Waals surface area contributed by atoms with E-state index in [1.54, 1.807) is 0 Å². The Labute approximate surface area is 176 Å². The van der Waals surface area contributed by atoms with Crippen LogP contribution < -0.4 is 15.0 Å². The number of aromatic nitrogens is 1. The van der Waals surface area contributed by atoms with Crippen LogP contribution in [0, 0.1) is 19.8 Å². The molecule has 1 saturated carbocycles. The van der Waals surface area contributed by atoms with Crippen molar-refractivity contribution in [1.82, 2.24) is 10.3 Å². The highest BCUT2D eigenvalue weighted by molar-refractivity contribution is 5.99. The van der Waals surface area contributed by atoms with Crippen LogP contribution in [0.25, 0.3) is 0 Å². The number of amides is 1. The SMILES string of the molecule is Cc1c(N2CCC(Oc3ccc4c(c3)COCC4)C3CC32)nc2c(c1C)C(=O)NC2. The molecule has 1 amide bonds. The number of piperidine rings is 1. The average Bonchev–Trinajstić information content (AvgIpc) is 3.48. The Balaban J connectivity index is 1.20. The molecule has 30 heavy (non-hydrogen) atoms. The molecule has 3 aliphatic heterocycles. The smallest absolute Gasteiger partial charge is 0.253 e. The second-order valence-corrected chi connectivity index (χ2v) is 9.03. The number of carbonyl (C=O) groups excluding carboxylic acids is 1. The lowest BCUT2D eigenvalue weighted by molar-refractivity contribution is 0.0965. The summed E-state index contributed by atoms with van der Waals surface area (Å²) in [6.07, 6.45) is 3.38. The van der Waals surface area contributed by atoms with Crippen LogP contribution >= 0.6 is 0 Å². The first kappa shape index (κ1) is 18.2. The van der Waals surface area contributed by atoms with Crippen LogP contribution in [0.4, 0.5) is 5.82 Å². The van der Waals surface area contributed by atoms with Crippen LogP contribution in [-0.2, 0) is 24.3 Å². The van der Waals surface area contributed by atoms with Crippen LogP contribution in [0.2, 0.25) is 0 Å². The fraction of sp³-hybridized carbons (Fsp3) is 0.500. The molecule has 6 nitrogen and oxygen atoms in total. The van der Waals surface area contributed by atoms with Crippen LogP contribution in [0.15, 0.2) is 18.2 Å². The lowest BCUT2D eigenvalue weighted by atomic mass is 10.0. The highest BCUT2D eigenvalue weighted by atomic mass is 16.5. The zero-order chi connectivity index (χ0) is 20.4. The summed E-state index contributed by atoms with van der Waals surface area (Å²) >= 11 is 0. The monoisotopic (exact) mass is 405 g/mol. The van der Waals surface area contributed by atoms with Crippen LogP contribution in [0.5, 0.6) is 5.75 Å². The first-order valence-corrected chi connectivity index (χ1v) is 11.0. The van der Waals surface area contributed by atoms with Crippen molar-refractivity contribution in [3.63, 3.8) is 0 Å². The van der Waals surface area contributed by atoms with Gasteiger partial charge in [-0.05, 0) is 61.1 Å². The predicted octanol–water partition coefficient (Wildman–Crippen LogP) is 3.06. The number of rotatable bonds is 3. The number of nitrogens with zero attached hydrogens (tertiary/aromatic N) is 2. The summed E-state index contributed by atoms with van der Waals surface area (Å²) in [4.78, 5) is 19.5. The zero-order valence-corrected chi connectivity index (χ0v) is 17.5. The van der Waals surface area contributed by atoms with E-state index in [1.807, 2.05) is 6.92 Å². The second-order valence-electron chi connectivity index (χ2n) is 9.03. The molecule has 3 unspecified atom stereocenters. The molecule has 1 aliphatic carbocycles. The Morgan fingerprint density at radius 2 is 2.13 bits per heavy atom. The third-order valence-electron chi connectivity index (χ3n) is 7.29. The standard InChI is InChI=1S/C24H27N3O3/c1-13-14(2)23(26-19-11-25-24(28)22(13)19)27-7-5-21(18-10-20(18)27)30-17-4-3-15-6-8-29-12-16(15)9-17/h3-4,9,18,20-21H,5-8,10-12H2,1-2H3,(H,25,28). The van der Waals surface area contributed by atoms with Gasteiger partial charge in [-0.15, -0.1) is 0 Å². The zero-order valence-electron chi connectivity index (χ0n) is 17.5. The molecule has 4 aliphatic rings. The van der Waals surface area contributed by atoms with Crippen LogP contribution in [0.3, 0.4) is 0 Å². The molecule has 6 rings (SSSR count). The van der Waals surface area contributed by atoms with Gasteiger partial charge < -0.3 is 19.7 Å². The minimum atomic E-state index is 0.0107. The molecule has 156 valence electrons. The Hall–Kier alpha value is -2.60. The molecule has 1 aromatic carbocycles. The summed E-state index contributed by atoms with van der Waals surface area (Å²) in [6, 6.07) is 6.96. The van der Waals surface area contributed by atoms with Gasteiger partial charge in [0.05, 0.1) is 31.0 Å². The van der Waals surface area contributed by atoms with Gasteiger partial charge in [-0.2, -0.15) is 0 Å². The third kappa shape index (κ3) is 2.81. The molecule has 1 N–H and O–H groups in total. The van der Waals surface area contributed by atoms with Crippen molar-refractivity contribution >= 4 is 11.7 Å². The summed E-state index contributed by atoms with van der Waals surface area (Å²) < 4.78 is 12.0. The Kier molecular flexibility index (Phi) is 4.07. The van der Waals surface area contributed by atoms with Gasteiger partial charge in [0.15, 0.2) is 0 Å². The highest BCUT2D eigenvalue weighted by Crippen LogP contribution is 2.47. The number of pyridine rings is 1. The normalized spacial score (nSPS) is 26.5. The Bertz CT molecular complexity index is 1050. The van der Waals surface area contributed by atoms with Gasteiger partial charge >= 0.3 is 0 Å². The van der Waals surface area contributed by atoms with E-state index < -0.39 is 0 Å². The van der Waals surface area contributed by atoms with Crippen molar-refractivity contribution in [2.75, 3.05) is 18.1 Å². The van der Waals surface area contributed by atoms with E-state index in [0.717, 1.165) is 66.4 Å². The molecule has 4 heterocycles. The molecular weight excluding hydrogens is 378 g/mol. The molecule has 3 atom stereocenters. The number of hydrogen-bond donors (Lipinski definition) is 1. The van der Waals surface area contributed by atoms with E-state index in [4.69, 9.17) is 14.5 Å². The Morgan fingerprint density at radius 3 is 3.03 bits per heavy atom. The van der Waals surface area contributed by atoms with E-state index >= 15 is 0 Å². The minimum Gasteiger partial charge on any atom is -0.490 e. The Morgan fingerprint density at radius 1 is 1.23 bits per heavy atom. The summed E-state index contributed by atoms with van der Waals surface area (Å²) in [5.74, 6) is 2.58. The molecule has 0 bridgehead atoms. The maximum absolute atomic E-state index is 12.1. The number of carbonyl (C=O) groups is 1. The van der Waals surface area contributed by atoms with E-state index in [0.29, 0.717) is 25.1 Å². The summed E-state index contributed by atoms with van der Waals surface area (Å²) in [7, 11) is 0. The van der Waals surface area contributed by atoms with E-state index in [9.17, 15) is 4.79 Å². The molecule has 6 heteroatoms. The van der Waals surface area contributed by atoms with Crippen molar-refractivity contribution in [3.8, 4) is 5.75 Å². The molecule has 0 spiro atoms. The lowest BCUT2D eigenvalue weighted by Crippen LogP contribution is -2.40. The van der Waals surface area contributed by atoms with Crippen molar-refractivity contribution < 1.29 is 14.3 Å². The number of nitrogens with one attached hydrogen (secondary N) is 1. The van der Waals surface area contributed by atoms with Gasteiger partial charge in [-0.1, -0.05) is 6.07 Å². The van der Waals surface area contributed by atoms with Gasteiger partial charge in [0.2, 0.25) is 0 Å². The first-order chi connectivity index (χ1) is 14.6. The summed E-state index contributed by atoms with van der Waals surface area (Å²) in [6.45, 7) is 7.13. The van der Waals surface area contributed by atoms with Crippen molar-refractivity contribution in [3.05, 3.63) is 51.7 Å². The fourth-order valence-corrected chi connectivity index (χ4v) is 5.41. The van der Waals surface area contributed by atoms with E-state index in [-0.39, 0.29) is 12.0 Å². The molecule has 1 saturated heterocycles. The topological polar surface area (TPSA) is 63.7 Å². The predicted molar refractivity (Wildman–Crippen MR) is 113 cm³/mol. The minimum absolute atomic E-state index is 0.0107. The van der Waals surface area contributed by atoms with Gasteiger partial charge in [0, 0.05) is 24.9 Å². The summed E-state index contributed by atoms with van der Waals surface area (Å²) in [5.41, 5.74) is 6.51. The van der Waals surface area contributed by atoms with E-state index in [2.05, 4.69) is 35.3 Å². The van der Waals surface area contributed by atoms with Gasteiger partial charge in [-0.25, -0.2) is 4.98 Å². The largest absolute Gasteiger partial charge is 0.490 e. The first-order valence-electron chi connectivity index (χ1n) is 11.0. The maximum atomic E-state index is 12.1. The number of ether oxygens (including phenoxy) is 2. The summed E-state index contributed by atoms with van der Waals surface area (Å²) in [5, 5.41) is 2.91. The third-order valence-corrected chi connectivity index (χ3v) is 7.29.